The molecule has 2 aliphatic rings. The Hall–Kier alpha value is -7.74. The number of carbonyl (C=O) groups is 6. The summed E-state index contributed by atoms with van der Waals surface area (Å²) in [5.41, 5.74) is 0.437. The summed E-state index contributed by atoms with van der Waals surface area (Å²) in [6.07, 6.45) is -17.4. The highest BCUT2D eigenvalue weighted by atomic mass is 79.9. The van der Waals surface area contributed by atoms with Crippen LogP contribution in [0.2, 0.25) is 0 Å². The highest BCUT2D eigenvalue weighted by molar-refractivity contribution is 9.09. The van der Waals surface area contributed by atoms with Gasteiger partial charge < -0.3 is 52.5 Å². The third kappa shape index (κ3) is 12.8. The van der Waals surface area contributed by atoms with E-state index >= 15 is 0 Å². The normalized spacial score (nSPS) is 23.4. The first-order valence-electron chi connectivity index (χ1n) is 22.8. The van der Waals surface area contributed by atoms with E-state index in [0.717, 1.165) is 0 Å². The molecule has 18 heteroatoms. The van der Waals surface area contributed by atoms with E-state index in [0.29, 0.717) is 5.75 Å². The lowest BCUT2D eigenvalue weighted by Crippen LogP contribution is -2.67. The summed E-state index contributed by atoms with van der Waals surface area (Å²) < 4.78 is 61.0. The molecule has 2 fully saturated rings. The van der Waals surface area contributed by atoms with Gasteiger partial charge in [0.25, 0.3) is 0 Å². The number of halogens is 1. The van der Waals surface area contributed by atoms with E-state index in [1.54, 1.807) is 103 Å². The highest BCUT2D eigenvalue weighted by Gasteiger charge is 2.57. The molecule has 6 aromatic carbocycles. The summed E-state index contributed by atoms with van der Waals surface area (Å²) in [6, 6.07) is 45.1. The van der Waals surface area contributed by atoms with Crippen molar-refractivity contribution in [2.45, 2.75) is 61.4 Å². The first-order valence-corrected chi connectivity index (χ1v) is 23.9. The number of hydrogen-bond donors (Lipinski definition) is 1. The molecule has 0 bridgehead atoms. The Balaban J connectivity index is 1.24. The van der Waals surface area contributed by atoms with Crippen molar-refractivity contribution in [1.29, 1.82) is 0 Å². The van der Waals surface area contributed by atoms with Crippen molar-refractivity contribution in [2.75, 3.05) is 19.0 Å². The fraction of sp³-hybridized carbons (Fsp3) is 0.236. The molecule has 10 atom stereocenters. The second-order valence-electron chi connectivity index (χ2n) is 16.4. The number of aliphatic hydroxyl groups is 1. The van der Waals surface area contributed by atoms with Crippen LogP contribution in [0.3, 0.4) is 0 Å². The molecule has 0 radical (unpaired) electrons. The molecule has 1 N–H and O–H groups in total. The Morgan fingerprint density at radius 2 is 0.781 bits per heavy atom. The van der Waals surface area contributed by atoms with Gasteiger partial charge in [0.05, 0.1) is 40.5 Å². The van der Waals surface area contributed by atoms with Crippen LogP contribution in [-0.2, 0) is 42.6 Å². The number of ether oxygens (including phenoxy) is 10. The Labute approximate surface area is 426 Å². The van der Waals surface area contributed by atoms with Crippen molar-refractivity contribution in [3.63, 3.8) is 0 Å². The average molecular weight is 1060 g/mol. The first-order chi connectivity index (χ1) is 35.5. The minimum atomic E-state index is -2.06. The number of alkyl halides is 1. The largest absolute Gasteiger partial charge is 0.497 e. The Morgan fingerprint density at radius 1 is 0.425 bits per heavy atom. The molecule has 0 saturated carbocycles. The fourth-order valence-corrected chi connectivity index (χ4v) is 8.44. The zero-order valence-electron chi connectivity index (χ0n) is 38.8. The van der Waals surface area contributed by atoms with Gasteiger partial charge >= 0.3 is 35.8 Å². The van der Waals surface area contributed by atoms with Crippen LogP contribution >= 0.6 is 15.9 Å². The van der Waals surface area contributed by atoms with Crippen molar-refractivity contribution in [1.82, 2.24) is 0 Å². The van der Waals surface area contributed by atoms with Crippen LogP contribution in [0.5, 0.6) is 5.75 Å². The molecule has 8 rings (SSSR count). The predicted octanol–water partition coefficient (Wildman–Crippen LogP) is 7.20. The molecule has 376 valence electrons. The van der Waals surface area contributed by atoms with E-state index in [9.17, 15) is 33.9 Å². The number of hydrogen-bond acceptors (Lipinski definition) is 17. The maximum Gasteiger partial charge on any atom is 0.338 e. The molecule has 17 nitrogen and oxygen atoms in total. The van der Waals surface area contributed by atoms with Crippen molar-refractivity contribution < 1.29 is 81.2 Å². The van der Waals surface area contributed by atoms with Gasteiger partial charge in [-0.05, 0) is 84.9 Å². The summed E-state index contributed by atoms with van der Waals surface area (Å²) >= 11 is 3.45. The Bertz CT molecular complexity index is 2800. The minimum absolute atomic E-state index is 0.0414. The molecule has 0 amide bonds. The lowest BCUT2D eigenvalue weighted by molar-refractivity contribution is -0.348. The number of rotatable bonds is 17. The van der Waals surface area contributed by atoms with Crippen LogP contribution in [0.4, 0.5) is 0 Å². The molecule has 6 aromatic rings. The average Bonchev–Trinajstić information content (AvgIpc) is 3.44. The van der Waals surface area contributed by atoms with Crippen LogP contribution in [0.1, 0.15) is 62.1 Å². The van der Waals surface area contributed by atoms with Gasteiger partial charge in [-0.25, -0.2) is 28.8 Å². The molecule has 0 spiro atoms. The Kier molecular flexibility index (Phi) is 17.4. The lowest BCUT2D eigenvalue weighted by Gasteiger charge is -2.48. The monoisotopic (exact) mass is 1060 g/mol. The van der Waals surface area contributed by atoms with E-state index in [2.05, 4.69) is 15.9 Å². The third-order valence-electron chi connectivity index (χ3n) is 11.6. The smallest absolute Gasteiger partial charge is 0.338 e. The van der Waals surface area contributed by atoms with Gasteiger partial charge in [-0.3, -0.25) is 0 Å². The number of methoxy groups -OCH3 is 1. The molecular formula is C55H47BrO17. The summed E-state index contributed by atoms with van der Waals surface area (Å²) in [7, 11) is 1.46. The number of esters is 6. The second-order valence-corrected chi connectivity index (χ2v) is 17.0. The van der Waals surface area contributed by atoms with E-state index in [-0.39, 0.29) is 38.7 Å². The lowest BCUT2D eigenvalue weighted by atomic mass is 9.96. The molecule has 0 aromatic heterocycles. The predicted molar refractivity (Wildman–Crippen MR) is 260 cm³/mol. The summed E-state index contributed by atoms with van der Waals surface area (Å²) in [6.45, 7) is -0.689. The van der Waals surface area contributed by atoms with E-state index < -0.39 is 104 Å². The summed E-state index contributed by atoms with van der Waals surface area (Å²) in [5.74, 6) is -5.07. The van der Waals surface area contributed by atoms with Crippen molar-refractivity contribution in [3.8, 4) is 5.75 Å². The van der Waals surface area contributed by atoms with Crippen LogP contribution in [0.15, 0.2) is 176 Å². The van der Waals surface area contributed by atoms with Crippen molar-refractivity contribution in [2.24, 2.45) is 0 Å². The maximum atomic E-state index is 14.3. The quantitative estimate of drug-likeness (QED) is 0.0543. The molecular weight excluding hydrogens is 1010 g/mol. The highest BCUT2D eigenvalue weighted by Crippen LogP contribution is 2.37. The van der Waals surface area contributed by atoms with Gasteiger partial charge in [0.1, 0.15) is 30.7 Å². The van der Waals surface area contributed by atoms with Gasteiger partial charge in [-0.15, -0.1) is 0 Å². The van der Waals surface area contributed by atoms with Gasteiger partial charge in [0.15, 0.2) is 43.1 Å². The summed E-state index contributed by atoms with van der Waals surface area (Å²) in [4.78, 5) is 83.9. The van der Waals surface area contributed by atoms with E-state index in [1.807, 2.05) is 0 Å². The summed E-state index contributed by atoms with van der Waals surface area (Å²) in [5, 5.41) is 11.6. The second kappa shape index (κ2) is 24.6. The molecule has 2 saturated heterocycles. The van der Waals surface area contributed by atoms with Crippen molar-refractivity contribution >= 4 is 51.7 Å². The van der Waals surface area contributed by atoms with Gasteiger partial charge in [-0.2, -0.15) is 0 Å². The van der Waals surface area contributed by atoms with Crippen LogP contribution in [0, 0.1) is 0 Å². The molecule has 73 heavy (non-hydrogen) atoms. The van der Waals surface area contributed by atoms with Crippen LogP contribution in [-0.4, -0.2) is 121 Å². The SMILES string of the molecule is COc1ccc(C(=O)O[C@@H]2[C@H](OC(=O)c3ccccc3)[C@@H](OC(=O)c3ccccc3)[C@H](O[C@H]3[C@H](OC(=O)c4ccccc4)[C@@H](OC(=O)c4ccccc4)[C@H](O)O[C@@H]3COC(=O)c3ccccc3)O[C@@H]2CBr)cc1. The van der Waals surface area contributed by atoms with Gasteiger partial charge in [-0.1, -0.05) is 107 Å². The van der Waals surface area contributed by atoms with Crippen LogP contribution < -0.4 is 4.74 Å². The number of aliphatic hydroxyl groups excluding tert-OH is 1. The zero-order valence-corrected chi connectivity index (χ0v) is 40.4. The maximum absolute atomic E-state index is 14.3. The van der Waals surface area contributed by atoms with Gasteiger partial charge in [0.2, 0.25) is 0 Å². The van der Waals surface area contributed by atoms with Crippen LogP contribution in [0.25, 0.3) is 0 Å². The van der Waals surface area contributed by atoms with E-state index in [4.69, 9.17) is 47.4 Å². The standard InChI is InChI=1S/C55H47BrO17/c1-64-39-29-27-38(28-30-39)53(62)68-42-40(31-56)67-55(47(72-52(61)37-25-15-6-16-26-37)45(42)70-50(59)35-21-11-4-12-22-35)73-43-41(32-65-48(57)33-17-7-2-8-18-33)66-54(63)46(71-51(60)36-23-13-5-14-24-36)44(43)69-49(58)34-19-9-3-10-20-34/h2-30,40-47,54-55,63H,31-32H2,1H3/t40-,41-,42+,43-,44+,45+,46-,47-,54-,55+/m1/s1. The zero-order chi connectivity index (χ0) is 51.3. The first kappa shape index (κ1) is 51.6. The minimum Gasteiger partial charge on any atom is -0.497 e. The number of benzene rings is 6. The Morgan fingerprint density at radius 3 is 1.19 bits per heavy atom. The van der Waals surface area contributed by atoms with Gasteiger partial charge in [0, 0.05) is 5.33 Å². The molecule has 0 unspecified atom stereocenters. The fourth-order valence-electron chi connectivity index (χ4n) is 7.92. The third-order valence-corrected chi connectivity index (χ3v) is 12.2. The topological polar surface area (TPSA) is 215 Å². The molecule has 2 aliphatic heterocycles. The van der Waals surface area contributed by atoms with Crippen molar-refractivity contribution in [3.05, 3.63) is 209 Å². The van der Waals surface area contributed by atoms with E-state index in [1.165, 1.54) is 79.9 Å². The number of carbonyl (C=O) groups excluding carboxylic acids is 6. The molecule has 0 aliphatic carbocycles. The molecule has 2 heterocycles.